The third-order valence-electron chi connectivity index (χ3n) is 3.77. The summed E-state index contributed by atoms with van der Waals surface area (Å²) in [6, 6.07) is 3.78. The third kappa shape index (κ3) is 5.09. The maximum absolute atomic E-state index is 12.1. The molecular weight excluding hydrogens is 308 g/mol. The minimum Gasteiger partial charge on any atom is -0.354 e. The van der Waals surface area contributed by atoms with Crippen molar-refractivity contribution in [2.24, 2.45) is 0 Å². The summed E-state index contributed by atoms with van der Waals surface area (Å²) in [6.07, 6.45) is 1.44. The molecule has 0 aliphatic carbocycles. The Balaban J connectivity index is 1.78. The molecule has 0 saturated carbocycles. The number of nitrogens with one attached hydrogen (secondary N) is 1. The molecule has 1 unspecified atom stereocenters. The molecule has 5 nitrogen and oxygen atoms in total. The van der Waals surface area contributed by atoms with Gasteiger partial charge in [0, 0.05) is 18.0 Å². The van der Waals surface area contributed by atoms with E-state index in [-0.39, 0.29) is 23.5 Å². The summed E-state index contributed by atoms with van der Waals surface area (Å²) in [5.74, 6) is 0.363. The van der Waals surface area contributed by atoms with Gasteiger partial charge in [-0.05, 0) is 37.8 Å². The van der Waals surface area contributed by atoms with Crippen LogP contribution in [0.5, 0.6) is 0 Å². The van der Waals surface area contributed by atoms with Crippen LogP contribution < -0.4 is 5.32 Å². The van der Waals surface area contributed by atoms with Crippen LogP contribution in [0.2, 0.25) is 0 Å². The summed E-state index contributed by atoms with van der Waals surface area (Å²) >= 11 is 1.69. The molecule has 1 atom stereocenters. The van der Waals surface area contributed by atoms with Gasteiger partial charge in [-0.25, -0.2) is 8.42 Å². The van der Waals surface area contributed by atoms with Crippen molar-refractivity contribution in [3.05, 3.63) is 22.4 Å². The minimum absolute atomic E-state index is 0.0224. The van der Waals surface area contributed by atoms with Gasteiger partial charge in [0.1, 0.15) is 0 Å². The van der Waals surface area contributed by atoms with Gasteiger partial charge in [0.15, 0.2) is 9.84 Å². The number of nitrogens with zero attached hydrogens (tertiary/aromatic N) is 1. The van der Waals surface area contributed by atoms with E-state index in [2.05, 4.69) is 11.4 Å². The quantitative estimate of drug-likeness (QED) is 0.872. The summed E-state index contributed by atoms with van der Waals surface area (Å²) in [6.45, 7) is 3.58. The summed E-state index contributed by atoms with van der Waals surface area (Å²) in [5, 5.41) is 4.96. The molecule has 0 spiro atoms. The zero-order valence-corrected chi connectivity index (χ0v) is 13.9. The van der Waals surface area contributed by atoms with Gasteiger partial charge in [0.05, 0.1) is 17.5 Å². The van der Waals surface area contributed by atoms with Gasteiger partial charge in [-0.2, -0.15) is 0 Å². The molecule has 1 aliphatic heterocycles. The van der Waals surface area contributed by atoms with Crippen LogP contribution in [0, 0.1) is 0 Å². The lowest BCUT2D eigenvalue weighted by Gasteiger charge is -2.26. The molecule has 1 amide bonds. The Kier molecular flexibility index (Phi) is 5.78. The topological polar surface area (TPSA) is 66.5 Å². The van der Waals surface area contributed by atoms with E-state index >= 15 is 0 Å². The number of rotatable bonds is 5. The van der Waals surface area contributed by atoms with Gasteiger partial charge >= 0.3 is 0 Å². The largest absolute Gasteiger partial charge is 0.354 e. The van der Waals surface area contributed by atoms with Crippen molar-refractivity contribution >= 4 is 27.1 Å². The highest BCUT2D eigenvalue weighted by Gasteiger charge is 2.25. The lowest BCUT2D eigenvalue weighted by atomic mass is 10.2. The second-order valence-corrected chi connectivity index (χ2v) is 8.67. The number of sulfone groups is 1. The number of carbonyl (C=O) groups is 1. The Labute approximate surface area is 130 Å². The van der Waals surface area contributed by atoms with E-state index < -0.39 is 9.84 Å². The smallest absolute Gasteiger partial charge is 0.237 e. The highest BCUT2D eigenvalue weighted by molar-refractivity contribution is 7.91. The zero-order valence-electron chi connectivity index (χ0n) is 12.2. The Bertz CT molecular complexity index is 555. The number of hydrogen-bond donors (Lipinski definition) is 1. The predicted molar refractivity (Wildman–Crippen MR) is 85.3 cm³/mol. The van der Waals surface area contributed by atoms with Crippen LogP contribution in [0.15, 0.2) is 17.5 Å². The SMILES string of the molecule is CC(C(=O)NCCc1cccs1)N1CCCS(=O)(=O)CC1. The fraction of sp³-hybridized carbons (Fsp3) is 0.643. The van der Waals surface area contributed by atoms with E-state index in [4.69, 9.17) is 0 Å². The first-order valence-electron chi connectivity index (χ1n) is 7.22. The third-order valence-corrected chi connectivity index (χ3v) is 6.42. The fourth-order valence-electron chi connectivity index (χ4n) is 2.42. The predicted octanol–water partition coefficient (Wildman–Crippen LogP) is 0.916. The Hall–Kier alpha value is -0.920. The molecule has 1 saturated heterocycles. The maximum atomic E-state index is 12.1. The van der Waals surface area contributed by atoms with Gasteiger partial charge in [0.25, 0.3) is 0 Å². The Morgan fingerprint density at radius 3 is 2.95 bits per heavy atom. The number of thiophene rings is 1. The number of carbonyl (C=O) groups excluding carboxylic acids is 1. The Morgan fingerprint density at radius 2 is 2.24 bits per heavy atom. The Morgan fingerprint density at radius 1 is 1.43 bits per heavy atom. The highest BCUT2D eigenvalue weighted by atomic mass is 32.2. The summed E-state index contributed by atoms with van der Waals surface area (Å²) < 4.78 is 23.2. The summed E-state index contributed by atoms with van der Waals surface area (Å²) in [4.78, 5) is 15.4. The van der Waals surface area contributed by atoms with Crippen molar-refractivity contribution in [3.8, 4) is 0 Å². The van der Waals surface area contributed by atoms with Crippen LogP contribution in [-0.4, -0.2) is 56.4 Å². The first-order valence-corrected chi connectivity index (χ1v) is 9.92. The standard InChI is InChI=1S/C14H22N2O3S2/c1-12(16-7-3-10-21(18,19)11-8-16)14(17)15-6-5-13-4-2-9-20-13/h2,4,9,12H,3,5-8,10-11H2,1H3,(H,15,17). The first-order chi connectivity index (χ1) is 9.98. The number of hydrogen-bond acceptors (Lipinski definition) is 5. The molecule has 2 rings (SSSR count). The maximum Gasteiger partial charge on any atom is 0.237 e. The van der Waals surface area contributed by atoms with Crippen LogP contribution in [0.4, 0.5) is 0 Å². The van der Waals surface area contributed by atoms with Crippen molar-refractivity contribution in [2.45, 2.75) is 25.8 Å². The van der Waals surface area contributed by atoms with Gasteiger partial charge < -0.3 is 5.32 Å². The van der Waals surface area contributed by atoms with Gasteiger partial charge in [-0.3, -0.25) is 9.69 Å². The van der Waals surface area contributed by atoms with Crippen molar-refractivity contribution in [3.63, 3.8) is 0 Å². The van der Waals surface area contributed by atoms with Crippen LogP contribution in [-0.2, 0) is 21.1 Å². The minimum atomic E-state index is -2.93. The average molecular weight is 330 g/mol. The van der Waals surface area contributed by atoms with Crippen molar-refractivity contribution in [1.29, 1.82) is 0 Å². The zero-order chi connectivity index (χ0) is 15.3. The van der Waals surface area contributed by atoms with Crippen LogP contribution >= 0.6 is 11.3 Å². The first kappa shape index (κ1) is 16.5. The molecule has 7 heteroatoms. The van der Waals surface area contributed by atoms with E-state index in [0.717, 1.165) is 6.42 Å². The van der Waals surface area contributed by atoms with Gasteiger partial charge in [-0.15, -0.1) is 11.3 Å². The van der Waals surface area contributed by atoms with Gasteiger partial charge in [0.2, 0.25) is 5.91 Å². The molecule has 1 aromatic heterocycles. The number of amides is 1. The molecule has 1 fully saturated rings. The average Bonchev–Trinajstić information content (AvgIpc) is 2.88. The fourth-order valence-corrected chi connectivity index (χ4v) is 4.42. The normalized spacial score (nSPS) is 20.6. The molecule has 1 aromatic rings. The summed E-state index contributed by atoms with van der Waals surface area (Å²) in [7, 11) is -2.93. The van der Waals surface area contributed by atoms with Crippen molar-refractivity contribution in [1.82, 2.24) is 10.2 Å². The van der Waals surface area contributed by atoms with Crippen molar-refractivity contribution in [2.75, 3.05) is 31.1 Å². The lowest BCUT2D eigenvalue weighted by molar-refractivity contribution is -0.125. The van der Waals surface area contributed by atoms with Crippen LogP contribution in [0.25, 0.3) is 0 Å². The second kappa shape index (κ2) is 7.38. The van der Waals surface area contributed by atoms with Gasteiger partial charge in [-0.1, -0.05) is 6.07 Å². The molecule has 0 aromatic carbocycles. The molecule has 2 heterocycles. The molecule has 118 valence electrons. The van der Waals surface area contributed by atoms with E-state index in [0.29, 0.717) is 26.1 Å². The highest BCUT2D eigenvalue weighted by Crippen LogP contribution is 2.10. The summed E-state index contributed by atoms with van der Waals surface area (Å²) in [5.41, 5.74) is 0. The van der Waals surface area contributed by atoms with E-state index in [1.54, 1.807) is 11.3 Å². The lowest BCUT2D eigenvalue weighted by Crippen LogP contribution is -2.46. The van der Waals surface area contributed by atoms with E-state index in [1.807, 2.05) is 23.3 Å². The molecule has 0 radical (unpaired) electrons. The van der Waals surface area contributed by atoms with E-state index in [9.17, 15) is 13.2 Å². The second-order valence-electron chi connectivity index (χ2n) is 5.34. The van der Waals surface area contributed by atoms with Crippen LogP contribution in [0.3, 0.4) is 0 Å². The molecule has 0 bridgehead atoms. The molecule has 1 N–H and O–H groups in total. The monoisotopic (exact) mass is 330 g/mol. The molecular formula is C14H22N2O3S2. The van der Waals surface area contributed by atoms with Crippen molar-refractivity contribution < 1.29 is 13.2 Å². The van der Waals surface area contributed by atoms with E-state index in [1.165, 1.54) is 4.88 Å². The molecule has 1 aliphatic rings. The van der Waals surface area contributed by atoms with Crippen LogP contribution in [0.1, 0.15) is 18.2 Å². The molecule has 21 heavy (non-hydrogen) atoms.